The van der Waals surface area contributed by atoms with Gasteiger partial charge in [0.15, 0.2) is 12.6 Å². The Morgan fingerprint density at radius 2 is 0.691 bits per heavy atom. The summed E-state index contributed by atoms with van der Waals surface area (Å²) < 4.78 is 22.9. The van der Waals surface area contributed by atoms with Gasteiger partial charge >= 0.3 is 0 Å². The second-order valence-corrected chi connectivity index (χ2v) is 28.9. The average Bonchev–Trinajstić information content (AvgIpc) is 0.794. The standard InChI is InChI=1S/C83H153NO13/c1-3-5-7-9-11-13-15-17-19-21-23-25-27-29-31-33-35-37-38-40-42-44-46-48-50-52-54-56-58-60-62-64-66-72(87)71(70-94-82-80(93)78(91)81(74(69-86)96-82)97-83-79(92)77(90)76(89)73(68-85)95-83)84-75(88)67-65-63-61-59-57-55-53-51-49-47-45-43-41-39-36-34-32-30-28-26-24-22-20-18-16-14-12-10-8-6-4-2/h16,18,22,24,48,50,56,58,64,66,71-74,76-83,85-87,89-93H,3-15,17,19-21,23,25-47,49,51-55,57,59-63,65,67-70H2,1-2H3,(H,84,88)/b18-16-,24-22-,50-48+,58-56+,66-64+. The number of nitrogens with one attached hydrogen (secondary N) is 1. The summed E-state index contributed by atoms with van der Waals surface area (Å²) in [5, 5.41) is 87.7. The summed E-state index contributed by atoms with van der Waals surface area (Å²) in [6, 6.07) is -0.941. The fraction of sp³-hybridized carbons (Fsp3) is 0.867. The molecule has 0 aromatic carbocycles. The Hall–Kier alpha value is -2.31. The van der Waals surface area contributed by atoms with E-state index in [0.717, 1.165) is 51.4 Å². The topological polar surface area (TPSA) is 228 Å². The molecule has 9 N–H and O–H groups in total. The number of ether oxygens (including phenoxy) is 4. The zero-order valence-electron chi connectivity index (χ0n) is 62.3. The minimum Gasteiger partial charge on any atom is -0.394 e. The molecule has 14 nitrogen and oxygen atoms in total. The molecule has 568 valence electrons. The van der Waals surface area contributed by atoms with Crippen LogP contribution in [0, 0.1) is 0 Å². The molecule has 12 atom stereocenters. The molecule has 2 fully saturated rings. The third kappa shape index (κ3) is 49.9. The summed E-state index contributed by atoms with van der Waals surface area (Å²) in [6.45, 7) is 2.82. The zero-order chi connectivity index (χ0) is 70.1. The smallest absolute Gasteiger partial charge is 0.220 e. The molecule has 97 heavy (non-hydrogen) atoms. The molecule has 0 radical (unpaired) electrons. The van der Waals surface area contributed by atoms with Gasteiger partial charge in [0.2, 0.25) is 5.91 Å². The SMILES string of the molecule is CCCCCCC/C=C\C/C=C\CCCCCCCCCCCCCCCCCCCCCC(=O)NC(COC1OC(CO)C(OC2OC(CO)C(O)C(O)C2O)C(O)C1O)C(O)/C=C/CC/C=C/CC/C=C/CCCCCCCCCCCCCCCCCCCCCCCC. The second kappa shape index (κ2) is 66.9. The van der Waals surface area contributed by atoms with Crippen molar-refractivity contribution < 1.29 is 64.6 Å². The van der Waals surface area contributed by atoms with E-state index in [1.165, 1.54) is 283 Å². The molecule has 2 saturated heterocycles. The molecule has 0 aliphatic carbocycles. The van der Waals surface area contributed by atoms with Crippen LogP contribution in [0.4, 0.5) is 0 Å². The van der Waals surface area contributed by atoms with E-state index in [-0.39, 0.29) is 18.9 Å². The van der Waals surface area contributed by atoms with Crippen molar-refractivity contribution in [2.24, 2.45) is 0 Å². The maximum absolute atomic E-state index is 13.4. The average molecular weight is 1370 g/mol. The highest BCUT2D eigenvalue weighted by Crippen LogP contribution is 2.30. The number of rotatable bonds is 69. The van der Waals surface area contributed by atoms with E-state index < -0.39 is 86.8 Å². The third-order valence-corrected chi connectivity index (χ3v) is 19.9. The van der Waals surface area contributed by atoms with E-state index in [1.54, 1.807) is 6.08 Å². The lowest BCUT2D eigenvalue weighted by atomic mass is 9.97. The number of amides is 1. The van der Waals surface area contributed by atoms with Crippen molar-refractivity contribution in [3.63, 3.8) is 0 Å². The van der Waals surface area contributed by atoms with Gasteiger partial charge in [-0.15, -0.1) is 0 Å². The molecule has 0 aromatic heterocycles. The first-order valence-electron chi connectivity index (χ1n) is 41.0. The zero-order valence-corrected chi connectivity index (χ0v) is 62.3. The molecule has 0 aromatic rings. The number of aliphatic hydroxyl groups is 8. The number of carbonyl (C=O) groups is 1. The largest absolute Gasteiger partial charge is 0.394 e. The maximum Gasteiger partial charge on any atom is 0.220 e. The van der Waals surface area contributed by atoms with Gasteiger partial charge in [0, 0.05) is 6.42 Å². The van der Waals surface area contributed by atoms with Crippen molar-refractivity contribution in [1.29, 1.82) is 0 Å². The van der Waals surface area contributed by atoms with Gasteiger partial charge in [-0.2, -0.15) is 0 Å². The molecule has 12 unspecified atom stereocenters. The van der Waals surface area contributed by atoms with Gasteiger partial charge in [0.1, 0.15) is 48.8 Å². The van der Waals surface area contributed by atoms with Crippen LogP contribution < -0.4 is 5.32 Å². The fourth-order valence-electron chi connectivity index (χ4n) is 13.4. The number of hydrogen-bond acceptors (Lipinski definition) is 13. The van der Waals surface area contributed by atoms with E-state index in [1.807, 2.05) is 6.08 Å². The van der Waals surface area contributed by atoms with Crippen molar-refractivity contribution in [1.82, 2.24) is 5.32 Å². The van der Waals surface area contributed by atoms with E-state index in [9.17, 15) is 45.6 Å². The summed E-state index contributed by atoms with van der Waals surface area (Å²) >= 11 is 0. The molecule has 1 amide bonds. The number of hydrogen-bond donors (Lipinski definition) is 9. The predicted molar refractivity (Wildman–Crippen MR) is 401 cm³/mol. The van der Waals surface area contributed by atoms with Gasteiger partial charge < -0.3 is 65.1 Å². The van der Waals surface area contributed by atoms with Crippen LogP contribution >= 0.6 is 0 Å². The van der Waals surface area contributed by atoms with E-state index in [0.29, 0.717) is 12.8 Å². The lowest BCUT2D eigenvalue weighted by Crippen LogP contribution is -2.65. The molecule has 0 saturated carbocycles. The highest BCUT2D eigenvalue weighted by molar-refractivity contribution is 5.76. The molecular weight excluding hydrogens is 1220 g/mol. The summed E-state index contributed by atoms with van der Waals surface area (Å²) in [5.74, 6) is -0.248. The summed E-state index contributed by atoms with van der Waals surface area (Å²) in [7, 11) is 0. The maximum atomic E-state index is 13.4. The first-order valence-corrected chi connectivity index (χ1v) is 41.0. The van der Waals surface area contributed by atoms with Crippen LogP contribution in [0.25, 0.3) is 0 Å². The summed E-state index contributed by atoms with van der Waals surface area (Å²) in [6.07, 6.45) is 74.6. The molecule has 2 aliphatic heterocycles. The summed E-state index contributed by atoms with van der Waals surface area (Å²) in [4.78, 5) is 13.4. The van der Waals surface area contributed by atoms with Crippen LogP contribution in [0.3, 0.4) is 0 Å². The minimum absolute atomic E-state index is 0.248. The quantitative estimate of drug-likeness (QED) is 0.0204. The summed E-state index contributed by atoms with van der Waals surface area (Å²) in [5.41, 5.74) is 0. The highest BCUT2D eigenvalue weighted by atomic mass is 16.7. The van der Waals surface area contributed by atoms with E-state index >= 15 is 0 Å². The van der Waals surface area contributed by atoms with Crippen molar-refractivity contribution in [3.8, 4) is 0 Å². The van der Waals surface area contributed by atoms with Gasteiger partial charge in [-0.1, -0.05) is 344 Å². The Morgan fingerprint density at radius 1 is 0.371 bits per heavy atom. The molecule has 0 spiro atoms. The Bertz CT molecular complexity index is 1860. The number of carbonyl (C=O) groups excluding carboxylic acids is 1. The Kier molecular flexibility index (Phi) is 62.6. The molecule has 2 aliphatic rings. The second-order valence-electron chi connectivity index (χ2n) is 28.9. The van der Waals surface area contributed by atoms with Gasteiger partial charge in [-0.3, -0.25) is 4.79 Å². The van der Waals surface area contributed by atoms with Crippen LogP contribution in [0.2, 0.25) is 0 Å². The van der Waals surface area contributed by atoms with E-state index in [2.05, 4.69) is 67.8 Å². The fourth-order valence-corrected chi connectivity index (χ4v) is 13.4. The molecular formula is C83H153NO13. The Balaban J connectivity index is 1.63. The lowest BCUT2D eigenvalue weighted by Gasteiger charge is -2.46. The normalized spacial score (nSPS) is 22.4. The van der Waals surface area contributed by atoms with Crippen molar-refractivity contribution >= 4 is 5.91 Å². The Labute approximate surface area is 594 Å². The van der Waals surface area contributed by atoms with Crippen LogP contribution in [0.15, 0.2) is 60.8 Å². The molecule has 2 rings (SSSR count). The number of allylic oxidation sites excluding steroid dienone is 9. The minimum atomic E-state index is -1.80. The van der Waals surface area contributed by atoms with Gasteiger partial charge in [-0.25, -0.2) is 0 Å². The Morgan fingerprint density at radius 3 is 1.07 bits per heavy atom. The third-order valence-electron chi connectivity index (χ3n) is 19.9. The molecule has 14 heteroatoms. The van der Waals surface area contributed by atoms with Crippen LogP contribution in [0.5, 0.6) is 0 Å². The lowest BCUT2D eigenvalue weighted by molar-refractivity contribution is -0.359. The number of unbranched alkanes of at least 4 members (excludes halogenated alkanes) is 48. The monoisotopic (exact) mass is 1370 g/mol. The van der Waals surface area contributed by atoms with Crippen molar-refractivity contribution in [2.45, 2.75) is 441 Å². The first kappa shape index (κ1) is 90.8. The molecule has 2 heterocycles. The van der Waals surface area contributed by atoms with Gasteiger partial charge in [0.05, 0.1) is 32.0 Å². The van der Waals surface area contributed by atoms with Crippen molar-refractivity contribution in [3.05, 3.63) is 60.8 Å². The van der Waals surface area contributed by atoms with Gasteiger partial charge in [-0.05, 0) is 77.0 Å². The number of aliphatic hydroxyl groups excluding tert-OH is 8. The highest BCUT2D eigenvalue weighted by Gasteiger charge is 2.51. The van der Waals surface area contributed by atoms with E-state index in [4.69, 9.17) is 18.9 Å². The van der Waals surface area contributed by atoms with Gasteiger partial charge in [0.25, 0.3) is 0 Å². The van der Waals surface area contributed by atoms with Crippen LogP contribution in [-0.4, -0.2) is 140 Å². The van der Waals surface area contributed by atoms with Crippen molar-refractivity contribution in [2.75, 3.05) is 19.8 Å². The van der Waals surface area contributed by atoms with Crippen LogP contribution in [0.1, 0.15) is 367 Å². The van der Waals surface area contributed by atoms with Crippen LogP contribution in [-0.2, 0) is 23.7 Å². The predicted octanol–water partition coefficient (Wildman–Crippen LogP) is 18.7. The molecule has 0 bridgehead atoms. The first-order chi connectivity index (χ1) is 47.6.